The number of fused-ring (bicyclic) bond motifs is 1. The molecule has 1 amide bonds. The van der Waals surface area contributed by atoms with Gasteiger partial charge in [0.2, 0.25) is 0 Å². The molecule has 5 heteroatoms. The first kappa shape index (κ1) is 16.5. The molecule has 1 aliphatic rings. The van der Waals surface area contributed by atoms with Crippen LogP contribution in [0.2, 0.25) is 0 Å². The zero-order valence-electron chi connectivity index (χ0n) is 13.8. The zero-order valence-corrected chi connectivity index (χ0v) is 13.8. The fourth-order valence-electron chi connectivity index (χ4n) is 2.93. The number of carbonyl (C=O) groups is 1. The first-order valence-electron chi connectivity index (χ1n) is 7.86. The average Bonchev–Trinajstić information content (AvgIpc) is 2.60. The molecule has 1 atom stereocenters. The van der Waals surface area contributed by atoms with E-state index in [1.807, 2.05) is 12.1 Å². The molecule has 0 bridgehead atoms. The van der Waals surface area contributed by atoms with Gasteiger partial charge >= 0.3 is 0 Å². The highest BCUT2D eigenvalue weighted by Gasteiger charge is 2.23. The Balaban J connectivity index is 1.66. The van der Waals surface area contributed by atoms with Crippen LogP contribution in [-0.4, -0.2) is 37.6 Å². The Morgan fingerprint density at radius 2 is 2.04 bits per heavy atom. The van der Waals surface area contributed by atoms with Crippen molar-refractivity contribution < 1.29 is 18.7 Å². The molecule has 0 fully saturated rings. The van der Waals surface area contributed by atoms with E-state index >= 15 is 0 Å². The summed E-state index contributed by atoms with van der Waals surface area (Å²) in [4.78, 5) is 14.0. The van der Waals surface area contributed by atoms with Crippen molar-refractivity contribution in [3.8, 4) is 5.75 Å². The lowest BCUT2D eigenvalue weighted by Gasteiger charge is -2.29. The van der Waals surface area contributed by atoms with Gasteiger partial charge in [-0.15, -0.1) is 0 Å². The molecular weight excluding hydrogens is 309 g/mol. The maximum atomic E-state index is 13.8. The number of amides is 1. The molecule has 0 N–H and O–H groups in total. The van der Waals surface area contributed by atoms with E-state index in [4.69, 9.17) is 9.47 Å². The van der Waals surface area contributed by atoms with Crippen molar-refractivity contribution in [2.75, 3.05) is 20.7 Å². The predicted octanol–water partition coefficient (Wildman–Crippen LogP) is 3.05. The molecule has 24 heavy (non-hydrogen) atoms. The third-order valence-corrected chi connectivity index (χ3v) is 4.26. The van der Waals surface area contributed by atoms with Gasteiger partial charge in [0.25, 0.3) is 5.91 Å². The standard InChI is InChI=1S/C19H20FNO3/c1-21(19(22)14-7-8-18(23-2)17(20)10-14)11-16-9-13-5-3-4-6-15(13)12-24-16/h3-8,10,16H,9,11-12H2,1-2H3/t16-/m0/s1. The highest BCUT2D eigenvalue weighted by atomic mass is 19.1. The van der Waals surface area contributed by atoms with Crippen LogP contribution in [0, 0.1) is 5.82 Å². The number of carbonyl (C=O) groups excluding carboxylic acids is 1. The highest BCUT2D eigenvalue weighted by molar-refractivity contribution is 5.94. The molecule has 0 radical (unpaired) electrons. The quantitative estimate of drug-likeness (QED) is 0.865. The molecule has 126 valence electrons. The molecule has 0 aliphatic carbocycles. The third-order valence-electron chi connectivity index (χ3n) is 4.26. The molecule has 3 rings (SSSR count). The molecule has 0 spiro atoms. The number of likely N-dealkylation sites (N-methyl/N-ethyl adjacent to an activating group) is 1. The Morgan fingerprint density at radius 1 is 1.29 bits per heavy atom. The smallest absolute Gasteiger partial charge is 0.253 e. The van der Waals surface area contributed by atoms with E-state index in [2.05, 4.69) is 12.1 Å². The van der Waals surface area contributed by atoms with Crippen LogP contribution in [-0.2, 0) is 17.8 Å². The molecule has 4 nitrogen and oxygen atoms in total. The van der Waals surface area contributed by atoms with Crippen molar-refractivity contribution >= 4 is 5.91 Å². The second kappa shape index (κ2) is 7.01. The van der Waals surface area contributed by atoms with E-state index in [0.29, 0.717) is 18.7 Å². The third kappa shape index (κ3) is 3.41. The topological polar surface area (TPSA) is 38.8 Å². The number of halogens is 1. The lowest BCUT2D eigenvalue weighted by molar-refractivity contribution is 0.00984. The molecular formula is C19H20FNO3. The van der Waals surface area contributed by atoms with Gasteiger partial charge in [-0.25, -0.2) is 4.39 Å². The van der Waals surface area contributed by atoms with E-state index in [-0.39, 0.29) is 17.8 Å². The van der Waals surface area contributed by atoms with Gasteiger partial charge in [0.05, 0.1) is 19.8 Å². The summed E-state index contributed by atoms with van der Waals surface area (Å²) < 4.78 is 24.5. The number of hydrogen-bond donors (Lipinski definition) is 0. The number of methoxy groups -OCH3 is 1. The number of ether oxygens (including phenoxy) is 2. The average molecular weight is 329 g/mol. The molecule has 1 heterocycles. The minimum absolute atomic E-state index is 0.0584. The molecule has 2 aromatic rings. The second-order valence-electron chi connectivity index (χ2n) is 5.94. The summed E-state index contributed by atoms with van der Waals surface area (Å²) in [5, 5.41) is 0. The zero-order chi connectivity index (χ0) is 17.1. The number of rotatable bonds is 4. The van der Waals surface area contributed by atoms with Gasteiger partial charge in [-0.3, -0.25) is 4.79 Å². The van der Waals surface area contributed by atoms with Gasteiger partial charge in [0.15, 0.2) is 11.6 Å². The van der Waals surface area contributed by atoms with Crippen molar-refractivity contribution in [3.63, 3.8) is 0 Å². The summed E-state index contributed by atoms with van der Waals surface area (Å²) in [7, 11) is 3.10. The molecule has 0 unspecified atom stereocenters. The van der Waals surface area contributed by atoms with Gasteiger partial charge < -0.3 is 14.4 Å². The van der Waals surface area contributed by atoms with Gasteiger partial charge in [-0.1, -0.05) is 24.3 Å². The van der Waals surface area contributed by atoms with Gasteiger partial charge in [-0.2, -0.15) is 0 Å². The minimum Gasteiger partial charge on any atom is -0.494 e. The molecule has 2 aromatic carbocycles. The Morgan fingerprint density at radius 3 is 2.75 bits per heavy atom. The van der Waals surface area contributed by atoms with E-state index < -0.39 is 5.82 Å². The molecule has 0 aromatic heterocycles. The highest BCUT2D eigenvalue weighted by Crippen LogP contribution is 2.22. The SMILES string of the molecule is COc1ccc(C(=O)N(C)C[C@@H]2Cc3ccccc3CO2)cc1F. The van der Waals surface area contributed by atoms with Crippen molar-refractivity contribution in [1.29, 1.82) is 0 Å². The van der Waals surface area contributed by atoms with Crippen molar-refractivity contribution in [3.05, 3.63) is 65.0 Å². The maximum Gasteiger partial charge on any atom is 0.253 e. The lowest BCUT2D eigenvalue weighted by atomic mass is 9.99. The Labute approximate surface area is 140 Å². The van der Waals surface area contributed by atoms with E-state index in [1.54, 1.807) is 18.0 Å². The largest absolute Gasteiger partial charge is 0.494 e. The lowest BCUT2D eigenvalue weighted by Crippen LogP contribution is -2.38. The summed E-state index contributed by atoms with van der Waals surface area (Å²) in [5.41, 5.74) is 2.75. The van der Waals surface area contributed by atoms with E-state index in [1.165, 1.54) is 30.4 Å². The number of benzene rings is 2. The van der Waals surface area contributed by atoms with Crippen molar-refractivity contribution in [2.45, 2.75) is 19.1 Å². The summed E-state index contributed by atoms with van der Waals surface area (Å²) in [6.07, 6.45) is 0.710. The summed E-state index contributed by atoms with van der Waals surface area (Å²) in [5.74, 6) is -0.653. The van der Waals surface area contributed by atoms with Gasteiger partial charge in [0.1, 0.15) is 0 Å². The normalized spacial score (nSPS) is 16.4. The summed E-state index contributed by atoms with van der Waals surface area (Å²) >= 11 is 0. The minimum atomic E-state index is -0.542. The fourth-order valence-corrected chi connectivity index (χ4v) is 2.93. The molecule has 0 saturated heterocycles. The second-order valence-corrected chi connectivity index (χ2v) is 5.94. The van der Waals surface area contributed by atoms with Crippen LogP contribution in [0.4, 0.5) is 4.39 Å². The molecule has 0 saturated carbocycles. The first-order valence-corrected chi connectivity index (χ1v) is 7.86. The van der Waals surface area contributed by atoms with Crippen LogP contribution in [0.3, 0.4) is 0 Å². The predicted molar refractivity (Wildman–Crippen MR) is 88.6 cm³/mol. The summed E-state index contributed by atoms with van der Waals surface area (Å²) in [6.45, 7) is 1.01. The van der Waals surface area contributed by atoms with Crippen molar-refractivity contribution in [1.82, 2.24) is 4.90 Å². The van der Waals surface area contributed by atoms with Crippen molar-refractivity contribution in [2.24, 2.45) is 0 Å². The first-order chi connectivity index (χ1) is 11.6. The van der Waals surface area contributed by atoms with Gasteiger partial charge in [-0.05, 0) is 29.3 Å². The van der Waals surface area contributed by atoms with Crippen LogP contribution < -0.4 is 4.74 Å². The summed E-state index contributed by atoms with van der Waals surface area (Å²) in [6, 6.07) is 12.4. The van der Waals surface area contributed by atoms with Crippen LogP contribution in [0.5, 0.6) is 5.75 Å². The fraction of sp³-hybridized carbons (Fsp3) is 0.316. The Hall–Kier alpha value is -2.40. The van der Waals surface area contributed by atoms with Crippen LogP contribution in [0.15, 0.2) is 42.5 Å². The number of hydrogen-bond acceptors (Lipinski definition) is 3. The van der Waals surface area contributed by atoms with Crippen LogP contribution in [0.1, 0.15) is 21.5 Å². The Bertz CT molecular complexity index is 747. The number of nitrogens with zero attached hydrogens (tertiary/aromatic N) is 1. The Kier molecular flexibility index (Phi) is 4.81. The van der Waals surface area contributed by atoms with Crippen LogP contribution in [0.25, 0.3) is 0 Å². The molecule has 1 aliphatic heterocycles. The van der Waals surface area contributed by atoms with E-state index in [0.717, 1.165) is 6.42 Å². The van der Waals surface area contributed by atoms with Crippen LogP contribution >= 0.6 is 0 Å². The maximum absolute atomic E-state index is 13.8. The monoisotopic (exact) mass is 329 g/mol. The van der Waals surface area contributed by atoms with Gasteiger partial charge in [0, 0.05) is 25.6 Å². The van der Waals surface area contributed by atoms with E-state index in [9.17, 15) is 9.18 Å².